The molecule has 0 radical (unpaired) electrons. The molecular formula is C17H24B2N4. The van der Waals surface area contributed by atoms with Crippen LogP contribution in [0.5, 0.6) is 0 Å². The first kappa shape index (κ1) is 16.0. The molecule has 2 aromatic rings. The van der Waals surface area contributed by atoms with Gasteiger partial charge in [0, 0.05) is 11.4 Å². The molecule has 23 heavy (non-hydrogen) atoms. The Bertz CT molecular complexity index is 566. The van der Waals surface area contributed by atoms with Gasteiger partial charge in [0.15, 0.2) is 0 Å². The third-order valence-corrected chi connectivity index (χ3v) is 4.44. The van der Waals surface area contributed by atoms with E-state index >= 15 is 0 Å². The summed E-state index contributed by atoms with van der Waals surface area (Å²) in [6, 6.07) is 21.3. The standard InChI is InChI=1S/C17H24B2N4/c1-20(2)18-19(21(3)4)23(17-13-9-6-10-14-17)15-22(18)16-11-7-5-8-12-16/h5-14H,15H2,1-4H3. The van der Waals surface area contributed by atoms with E-state index < -0.39 is 0 Å². The van der Waals surface area contributed by atoms with Crippen LogP contribution in [0.25, 0.3) is 0 Å². The van der Waals surface area contributed by atoms with Crippen LogP contribution in [0.4, 0.5) is 11.4 Å². The molecule has 0 spiro atoms. The van der Waals surface area contributed by atoms with Crippen LogP contribution in [0.1, 0.15) is 0 Å². The molecule has 3 rings (SSSR count). The molecular weight excluding hydrogens is 282 g/mol. The number of benzene rings is 2. The topological polar surface area (TPSA) is 13.0 Å². The maximum atomic E-state index is 2.47. The third-order valence-electron chi connectivity index (χ3n) is 4.44. The van der Waals surface area contributed by atoms with E-state index in [-0.39, 0.29) is 13.7 Å². The van der Waals surface area contributed by atoms with Crippen molar-refractivity contribution in [3.8, 4) is 0 Å². The molecule has 1 aliphatic rings. The molecule has 4 nitrogen and oxygen atoms in total. The van der Waals surface area contributed by atoms with Crippen molar-refractivity contribution in [1.29, 1.82) is 0 Å². The van der Waals surface area contributed by atoms with Crippen molar-refractivity contribution in [2.24, 2.45) is 0 Å². The Balaban J connectivity index is 2.02. The minimum atomic E-state index is 0.285. The zero-order chi connectivity index (χ0) is 16.4. The van der Waals surface area contributed by atoms with E-state index in [1.807, 2.05) is 0 Å². The van der Waals surface area contributed by atoms with E-state index in [9.17, 15) is 0 Å². The summed E-state index contributed by atoms with van der Waals surface area (Å²) < 4.78 is 0. The fourth-order valence-electron chi connectivity index (χ4n) is 3.45. The molecule has 0 amide bonds. The summed E-state index contributed by atoms with van der Waals surface area (Å²) in [7, 11) is 8.63. The molecule has 1 saturated heterocycles. The predicted octanol–water partition coefficient (Wildman–Crippen LogP) is 2.15. The highest BCUT2D eigenvalue weighted by Crippen LogP contribution is 2.28. The Morgan fingerprint density at radius 1 is 0.652 bits per heavy atom. The quantitative estimate of drug-likeness (QED) is 0.802. The van der Waals surface area contributed by atoms with Gasteiger partial charge >= 0.3 is 13.7 Å². The molecule has 0 aliphatic carbocycles. The second-order valence-electron chi connectivity index (χ2n) is 6.51. The summed E-state index contributed by atoms with van der Waals surface area (Å²) in [5.74, 6) is 0. The summed E-state index contributed by atoms with van der Waals surface area (Å²) in [6.07, 6.45) is 0. The first-order valence-electron chi connectivity index (χ1n) is 8.06. The van der Waals surface area contributed by atoms with Gasteiger partial charge in [0.25, 0.3) is 0 Å². The van der Waals surface area contributed by atoms with Gasteiger partial charge in [-0.2, -0.15) is 0 Å². The summed E-state index contributed by atoms with van der Waals surface area (Å²) >= 11 is 0. The first-order chi connectivity index (χ1) is 11.1. The molecule has 0 atom stereocenters. The van der Waals surface area contributed by atoms with Crippen molar-refractivity contribution in [2.75, 3.05) is 44.5 Å². The van der Waals surface area contributed by atoms with Crippen molar-refractivity contribution in [2.45, 2.75) is 0 Å². The Morgan fingerprint density at radius 3 is 1.30 bits per heavy atom. The Labute approximate surface area is 140 Å². The molecule has 1 aliphatic heterocycles. The Morgan fingerprint density at radius 2 is 1.00 bits per heavy atom. The van der Waals surface area contributed by atoms with E-state index in [0.29, 0.717) is 0 Å². The van der Waals surface area contributed by atoms with E-state index in [1.165, 1.54) is 11.4 Å². The first-order valence-corrected chi connectivity index (χ1v) is 8.06. The van der Waals surface area contributed by atoms with Gasteiger partial charge in [-0.1, -0.05) is 36.4 Å². The number of para-hydroxylation sites is 2. The lowest BCUT2D eigenvalue weighted by Crippen LogP contribution is -2.62. The molecule has 2 aromatic carbocycles. The number of anilines is 2. The SMILES string of the molecule is CN(C)B1B(N(C)C)N(c2ccccc2)CN1c1ccccc1. The summed E-state index contributed by atoms with van der Waals surface area (Å²) in [4.78, 5) is 9.55. The van der Waals surface area contributed by atoms with Gasteiger partial charge in [-0.15, -0.1) is 0 Å². The molecule has 1 heterocycles. The lowest BCUT2D eigenvalue weighted by atomic mass is 9.32. The maximum Gasteiger partial charge on any atom is 0.353 e. The van der Waals surface area contributed by atoms with Crippen molar-refractivity contribution in [3.05, 3.63) is 60.7 Å². The average molecular weight is 306 g/mol. The lowest BCUT2D eigenvalue weighted by Gasteiger charge is -2.31. The minimum Gasteiger partial charge on any atom is -0.388 e. The highest BCUT2D eigenvalue weighted by atomic mass is 15.4. The average Bonchev–Trinajstić information content (AvgIpc) is 2.97. The second kappa shape index (κ2) is 6.69. The van der Waals surface area contributed by atoms with Gasteiger partial charge in [0.1, 0.15) is 0 Å². The zero-order valence-electron chi connectivity index (χ0n) is 14.4. The van der Waals surface area contributed by atoms with Gasteiger partial charge in [0.05, 0.1) is 6.67 Å². The monoisotopic (exact) mass is 306 g/mol. The largest absolute Gasteiger partial charge is 0.388 e. The van der Waals surface area contributed by atoms with E-state index in [2.05, 4.69) is 108 Å². The number of hydrogen-bond donors (Lipinski definition) is 0. The fourth-order valence-corrected chi connectivity index (χ4v) is 3.45. The number of rotatable bonds is 4. The number of hydrogen-bond acceptors (Lipinski definition) is 4. The van der Waals surface area contributed by atoms with Gasteiger partial charge in [-0.25, -0.2) is 0 Å². The van der Waals surface area contributed by atoms with Crippen LogP contribution in [0, 0.1) is 0 Å². The Kier molecular flexibility index (Phi) is 4.64. The summed E-state index contributed by atoms with van der Waals surface area (Å²) in [6.45, 7) is 1.44. The molecule has 118 valence electrons. The van der Waals surface area contributed by atoms with Gasteiger partial charge in [0.2, 0.25) is 0 Å². The van der Waals surface area contributed by atoms with E-state index in [4.69, 9.17) is 0 Å². The van der Waals surface area contributed by atoms with Crippen LogP contribution in [0.2, 0.25) is 0 Å². The highest BCUT2D eigenvalue weighted by molar-refractivity contribution is 7.24. The molecule has 0 bridgehead atoms. The molecule has 0 saturated carbocycles. The van der Waals surface area contributed by atoms with Crippen molar-refractivity contribution in [1.82, 2.24) is 9.62 Å². The van der Waals surface area contributed by atoms with E-state index in [1.54, 1.807) is 0 Å². The van der Waals surface area contributed by atoms with E-state index in [0.717, 1.165) is 6.67 Å². The highest BCUT2D eigenvalue weighted by Gasteiger charge is 2.51. The molecule has 0 aromatic heterocycles. The predicted molar refractivity (Wildman–Crippen MR) is 102 cm³/mol. The lowest BCUT2D eigenvalue weighted by molar-refractivity contribution is 0.623. The van der Waals surface area contributed by atoms with Crippen LogP contribution in [0.3, 0.4) is 0 Å². The molecule has 0 N–H and O–H groups in total. The minimum absolute atomic E-state index is 0.285. The van der Waals surface area contributed by atoms with Gasteiger partial charge < -0.3 is 19.2 Å². The van der Waals surface area contributed by atoms with Crippen molar-refractivity contribution in [3.63, 3.8) is 0 Å². The van der Waals surface area contributed by atoms with Crippen molar-refractivity contribution < 1.29 is 0 Å². The number of nitrogens with zero attached hydrogens (tertiary/aromatic N) is 4. The maximum absolute atomic E-state index is 2.47. The van der Waals surface area contributed by atoms with Gasteiger partial charge in [-0.05, 0) is 52.5 Å². The normalized spacial score (nSPS) is 15.2. The molecule has 0 unspecified atom stereocenters. The van der Waals surface area contributed by atoms with Crippen LogP contribution in [-0.2, 0) is 0 Å². The van der Waals surface area contributed by atoms with Crippen LogP contribution < -0.4 is 9.62 Å². The summed E-state index contributed by atoms with van der Waals surface area (Å²) in [5, 5.41) is 0. The second-order valence-corrected chi connectivity index (χ2v) is 6.51. The third kappa shape index (κ3) is 3.09. The summed E-state index contributed by atoms with van der Waals surface area (Å²) in [5.41, 5.74) is 2.52. The van der Waals surface area contributed by atoms with Gasteiger partial charge in [-0.3, -0.25) is 0 Å². The molecule has 1 fully saturated rings. The zero-order valence-corrected chi connectivity index (χ0v) is 14.4. The van der Waals surface area contributed by atoms with Crippen LogP contribution >= 0.6 is 0 Å². The smallest absolute Gasteiger partial charge is 0.353 e. The Hall–Kier alpha value is -1.91. The van der Waals surface area contributed by atoms with Crippen LogP contribution in [-0.4, -0.2) is 58.2 Å². The molecule has 6 heteroatoms. The van der Waals surface area contributed by atoms with Crippen molar-refractivity contribution >= 4 is 25.1 Å². The van der Waals surface area contributed by atoms with Crippen LogP contribution in [0.15, 0.2) is 60.7 Å². The fraction of sp³-hybridized carbons (Fsp3) is 0.294.